The summed E-state index contributed by atoms with van der Waals surface area (Å²) in [5, 5.41) is 6.29. The van der Waals surface area contributed by atoms with Gasteiger partial charge in [-0.3, -0.25) is 9.97 Å². The summed E-state index contributed by atoms with van der Waals surface area (Å²) < 4.78 is 10.9. The molecule has 0 radical (unpaired) electrons. The van der Waals surface area contributed by atoms with E-state index in [2.05, 4.69) is 134 Å². The fourth-order valence-corrected chi connectivity index (χ4v) is 8.19. The van der Waals surface area contributed by atoms with Crippen molar-refractivity contribution in [3.63, 3.8) is 0 Å². The predicted octanol–water partition coefficient (Wildman–Crippen LogP) is 11.6. The fraction of sp³-hybridized carbons (Fsp3) is 0.0870. The van der Waals surface area contributed by atoms with E-state index < -0.39 is 0 Å². The minimum Gasteiger partial charge on any atom is -0.497 e. The number of pyridine rings is 2. The third-order valence-electron chi connectivity index (χ3n) is 10.4. The second kappa shape index (κ2) is 12.2. The molecule has 4 heterocycles. The van der Waals surface area contributed by atoms with Crippen LogP contribution in [0, 0.1) is 39.8 Å². The molecular formula is C46H32N4OPt. The molecule has 0 saturated heterocycles. The van der Waals surface area contributed by atoms with Gasteiger partial charge in [-0.25, -0.2) is 0 Å². The maximum Gasteiger partial charge on any atom is 2.00 e. The van der Waals surface area contributed by atoms with Crippen LogP contribution in [-0.2, 0) is 21.1 Å². The van der Waals surface area contributed by atoms with Gasteiger partial charge in [0.2, 0.25) is 0 Å². The van der Waals surface area contributed by atoms with Gasteiger partial charge in [0, 0.05) is 47.3 Å². The first kappa shape index (κ1) is 32.2. The van der Waals surface area contributed by atoms with Crippen LogP contribution in [0.2, 0.25) is 0 Å². The van der Waals surface area contributed by atoms with Crippen LogP contribution in [0.1, 0.15) is 22.3 Å². The zero-order chi connectivity index (χ0) is 34.4. The molecule has 0 spiro atoms. The number of benzene rings is 6. The molecule has 5 nitrogen and oxygen atoms in total. The Hall–Kier alpha value is -5.77. The molecule has 0 aliphatic heterocycles. The molecule has 0 atom stereocenters. The largest absolute Gasteiger partial charge is 2.00 e. The number of hydrogen-bond acceptors (Lipinski definition) is 3. The van der Waals surface area contributed by atoms with Gasteiger partial charge in [-0.2, -0.15) is 0 Å². The van der Waals surface area contributed by atoms with E-state index in [4.69, 9.17) is 14.7 Å². The Morgan fingerprint density at radius 2 is 1.08 bits per heavy atom. The van der Waals surface area contributed by atoms with E-state index in [9.17, 15) is 0 Å². The van der Waals surface area contributed by atoms with E-state index >= 15 is 0 Å². The molecule has 0 amide bonds. The van der Waals surface area contributed by atoms with Crippen molar-refractivity contribution in [2.75, 3.05) is 0 Å². The van der Waals surface area contributed by atoms with E-state index in [0.717, 1.165) is 49.3 Å². The Kier molecular flexibility index (Phi) is 7.53. The zero-order valence-corrected chi connectivity index (χ0v) is 31.3. The van der Waals surface area contributed by atoms with Crippen molar-refractivity contribution < 1.29 is 25.8 Å². The number of aromatic nitrogens is 4. The predicted molar refractivity (Wildman–Crippen MR) is 208 cm³/mol. The van der Waals surface area contributed by atoms with E-state index in [-0.39, 0.29) is 21.1 Å². The van der Waals surface area contributed by atoms with Gasteiger partial charge < -0.3 is 13.5 Å². The first-order valence-electron chi connectivity index (χ1n) is 17.2. The fourth-order valence-electron chi connectivity index (χ4n) is 8.19. The Morgan fingerprint density at radius 3 is 1.73 bits per heavy atom. The minimum absolute atomic E-state index is 0. The molecule has 52 heavy (non-hydrogen) atoms. The SMILES string of the molecule is Cc1cccc(C)c1-c1ccc2c3ccc(Oc4[c-]c5c(cc4)c4c(-c6c(C)cccc6C)cccc4n4ccnc54)[c-]c3c3nccn3c2c1.[Pt+2]. The molecule has 0 unspecified atom stereocenters. The van der Waals surface area contributed by atoms with E-state index in [1.807, 2.05) is 36.9 Å². The van der Waals surface area contributed by atoms with Crippen molar-refractivity contribution in [2.24, 2.45) is 0 Å². The average Bonchev–Trinajstić information content (AvgIpc) is 3.83. The number of hydrogen-bond donors (Lipinski definition) is 0. The van der Waals surface area contributed by atoms with Gasteiger partial charge in [0.1, 0.15) is 0 Å². The first-order chi connectivity index (χ1) is 24.9. The van der Waals surface area contributed by atoms with Gasteiger partial charge >= 0.3 is 21.1 Å². The third-order valence-corrected chi connectivity index (χ3v) is 10.4. The van der Waals surface area contributed by atoms with Crippen LogP contribution in [0.5, 0.6) is 11.5 Å². The van der Waals surface area contributed by atoms with Gasteiger partial charge in [0.05, 0.1) is 11.3 Å². The molecular weight excluding hydrogens is 820 g/mol. The molecule has 0 bridgehead atoms. The molecule has 0 aliphatic rings. The Morgan fingerprint density at radius 1 is 0.538 bits per heavy atom. The molecule has 0 N–H and O–H groups in total. The minimum atomic E-state index is 0. The van der Waals surface area contributed by atoms with Crippen molar-refractivity contribution >= 4 is 54.6 Å². The summed E-state index contributed by atoms with van der Waals surface area (Å²) >= 11 is 0. The first-order valence-corrected chi connectivity index (χ1v) is 17.2. The van der Waals surface area contributed by atoms with Crippen molar-refractivity contribution in [3.05, 3.63) is 156 Å². The molecule has 0 aliphatic carbocycles. The standard InChI is InChI=1S/C46H32N4O.Pt/c1-27-8-5-9-28(2)42(27)31-14-17-35-34-18-15-32(25-38(34)45-47-21-23-50(45)41(35)24-31)51-33-16-19-36-39(26-33)46-48-20-22-49(46)40-13-7-12-37(44(36)40)43-29(3)10-6-11-30(43)4;/h5-24H,1-4H3;/q-2;+2. The maximum absolute atomic E-state index is 6.54. The second-order valence-corrected chi connectivity index (χ2v) is 13.5. The summed E-state index contributed by atoms with van der Waals surface area (Å²) in [7, 11) is 0. The topological polar surface area (TPSA) is 43.8 Å². The number of fused-ring (bicyclic) bond motifs is 12. The Labute approximate surface area is 315 Å². The summed E-state index contributed by atoms with van der Waals surface area (Å²) in [5.74, 6) is 1.20. The summed E-state index contributed by atoms with van der Waals surface area (Å²) in [5.41, 5.74) is 13.9. The molecule has 6 heteroatoms. The molecule has 252 valence electrons. The van der Waals surface area contributed by atoms with Crippen LogP contribution in [0.3, 0.4) is 0 Å². The van der Waals surface area contributed by atoms with Crippen molar-refractivity contribution in [3.8, 4) is 33.8 Å². The maximum atomic E-state index is 6.54. The van der Waals surface area contributed by atoms with Crippen LogP contribution in [0.15, 0.2) is 122 Å². The van der Waals surface area contributed by atoms with Gasteiger partial charge in [0.15, 0.2) is 0 Å². The van der Waals surface area contributed by atoms with Crippen LogP contribution >= 0.6 is 0 Å². The summed E-state index contributed by atoms with van der Waals surface area (Å²) in [6, 6.07) is 41.6. The zero-order valence-electron chi connectivity index (χ0n) is 29.1. The quantitative estimate of drug-likeness (QED) is 0.131. The normalized spacial score (nSPS) is 11.7. The van der Waals surface area contributed by atoms with Crippen LogP contribution < -0.4 is 4.74 Å². The summed E-state index contributed by atoms with van der Waals surface area (Å²) in [6.45, 7) is 8.71. The number of ether oxygens (including phenoxy) is 1. The van der Waals surface area contributed by atoms with Gasteiger partial charge in [-0.15, -0.1) is 12.1 Å². The molecule has 10 rings (SSSR count). The van der Waals surface area contributed by atoms with Crippen molar-refractivity contribution in [2.45, 2.75) is 27.7 Å². The molecule has 6 aromatic carbocycles. The van der Waals surface area contributed by atoms with E-state index in [0.29, 0.717) is 11.5 Å². The smallest absolute Gasteiger partial charge is 0.497 e. The monoisotopic (exact) mass is 851 g/mol. The number of imidazole rings is 2. The van der Waals surface area contributed by atoms with Gasteiger partial charge in [-0.05, 0) is 95.1 Å². The number of nitrogens with zero attached hydrogens (tertiary/aromatic N) is 4. The van der Waals surface area contributed by atoms with Crippen molar-refractivity contribution in [1.82, 2.24) is 18.8 Å². The molecule has 0 saturated carbocycles. The molecule has 10 aromatic rings. The molecule has 4 aromatic heterocycles. The van der Waals surface area contributed by atoms with Crippen LogP contribution in [0.4, 0.5) is 0 Å². The van der Waals surface area contributed by atoms with Crippen molar-refractivity contribution in [1.29, 1.82) is 0 Å². The number of aryl methyl sites for hydroxylation is 4. The van der Waals surface area contributed by atoms with Gasteiger partial charge in [-0.1, -0.05) is 106 Å². The van der Waals surface area contributed by atoms with Crippen LogP contribution in [0.25, 0.3) is 76.9 Å². The van der Waals surface area contributed by atoms with E-state index in [1.54, 1.807) is 0 Å². The Bertz CT molecular complexity index is 3020. The Balaban J connectivity index is 0.00000360. The third kappa shape index (κ3) is 4.80. The summed E-state index contributed by atoms with van der Waals surface area (Å²) in [4.78, 5) is 9.56. The van der Waals surface area contributed by atoms with Gasteiger partial charge in [0.25, 0.3) is 0 Å². The molecule has 0 fully saturated rings. The number of rotatable bonds is 4. The van der Waals surface area contributed by atoms with Crippen LogP contribution in [-0.4, -0.2) is 18.8 Å². The van der Waals surface area contributed by atoms with E-state index in [1.165, 1.54) is 49.9 Å². The summed E-state index contributed by atoms with van der Waals surface area (Å²) in [6.07, 6.45) is 7.75. The second-order valence-electron chi connectivity index (χ2n) is 13.5. The average molecular weight is 852 g/mol.